The van der Waals surface area contributed by atoms with Gasteiger partial charge < -0.3 is 5.32 Å². The molecule has 0 saturated heterocycles. The first-order valence-corrected chi connectivity index (χ1v) is 10.0. The molecule has 3 rings (SSSR count). The van der Waals surface area contributed by atoms with Crippen LogP contribution in [0.1, 0.15) is 11.1 Å². The van der Waals surface area contributed by atoms with Crippen LogP contribution in [0.2, 0.25) is 0 Å². The molecule has 0 unspecified atom stereocenters. The highest BCUT2D eigenvalue weighted by Gasteiger charge is 2.15. The number of allylic oxidation sites excluding steroid dienone is 1. The van der Waals surface area contributed by atoms with E-state index in [-0.39, 0.29) is 11.7 Å². The van der Waals surface area contributed by atoms with Crippen molar-refractivity contribution in [1.29, 1.82) is 0 Å². The molecule has 2 heterocycles. The summed E-state index contributed by atoms with van der Waals surface area (Å²) in [5.41, 5.74) is 3.07. The van der Waals surface area contributed by atoms with Crippen LogP contribution in [0.5, 0.6) is 0 Å². The molecular formula is C19H20N4OS2. The third kappa shape index (κ3) is 4.23. The van der Waals surface area contributed by atoms with Gasteiger partial charge in [-0.2, -0.15) is 0 Å². The van der Waals surface area contributed by atoms with Crippen LogP contribution in [0, 0.1) is 13.8 Å². The topological polar surface area (TPSA) is 59.8 Å². The average Bonchev–Trinajstić information content (AvgIpc) is 3.26. The zero-order valence-corrected chi connectivity index (χ0v) is 16.4. The molecule has 3 aromatic rings. The van der Waals surface area contributed by atoms with E-state index in [0.717, 1.165) is 22.0 Å². The first kappa shape index (κ1) is 18.4. The van der Waals surface area contributed by atoms with Crippen molar-refractivity contribution in [3.63, 3.8) is 0 Å². The Morgan fingerprint density at radius 3 is 2.88 bits per heavy atom. The number of aryl methyl sites for hydroxylation is 2. The number of benzene rings is 1. The number of carbonyl (C=O) groups is 1. The normalized spacial score (nSPS) is 10.7. The lowest BCUT2D eigenvalue weighted by atomic mass is 10.1. The molecule has 0 saturated carbocycles. The first-order chi connectivity index (χ1) is 12.6. The van der Waals surface area contributed by atoms with E-state index in [0.29, 0.717) is 11.7 Å². The van der Waals surface area contributed by atoms with Crippen LogP contribution in [-0.2, 0) is 11.3 Å². The molecular weight excluding hydrogens is 364 g/mol. The number of aromatic nitrogens is 3. The highest BCUT2D eigenvalue weighted by Crippen LogP contribution is 2.27. The lowest BCUT2D eigenvalue weighted by molar-refractivity contribution is -0.113. The molecule has 0 radical (unpaired) electrons. The predicted molar refractivity (Wildman–Crippen MR) is 109 cm³/mol. The van der Waals surface area contributed by atoms with E-state index in [1.165, 1.54) is 17.3 Å². The second-order valence-corrected chi connectivity index (χ2v) is 7.73. The molecule has 0 fully saturated rings. The number of rotatable bonds is 7. The standard InChI is InChI=1S/C19H20N4OS2/c1-4-9-23-18(16-6-5-10-25-16)21-22-19(23)26-12-17(24)20-15-8-7-13(2)11-14(15)3/h4-8,10-11H,1,9,12H2,2-3H3,(H,20,24). The van der Waals surface area contributed by atoms with E-state index in [9.17, 15) is 4.79 Å². The van der Waals surface area contributed by atoms with Crippen LogP contribution in [0.4, 0.5) is 5.69 Å². The van der Waals surface area contributed by atoms with Gasteiger partial charge in [0.2, 0.25) is 5.91 Å². The average molecular weight is 385 g/mol. The minimum Gasteiger partial charge on any atom is -0.325 e. The maximum Gasteiger partial charge on any atom is 0.234 e. The number of amides is 1. The molecule has 1 amide bonds. The molecule has 7 heteroatoms. The van der Waals surface area contributed by atoms with Crippen molar-refractivity contribution in [2.75, 3.05) is 11.1 Å². The highest BCUT2D eigenvalue weighted by atomic mass is 32.2. The number of thiophene rings is 1. The summed E-state index contributed by atoms with van der Waals surface area (Å²) < 4.78 is 1.98. The van der Waals surface area contributed by atoms with Crippen molar-refractivity contribution in [3.05, 3.63) is 59.5 Å². The number of hydrogen-bond donors (Lipinski definition) is 1. The van der Waals surface area contributed by atoms with Gasteiger partial charge in [-0.05, 0) is 36.9 Å². The van der Waals surface area contributed by atoms with Crippen molar-refractivity contribution in [3.8, 4) is 10.7 Å². The van der Waals surface area contributed by atoms with Gasteiger partial charge in [0.1, 0.15) is 0 Å². The fourth-order valence-electron chi connectivity index (χ4n) is 2.55. The van der Waals surface area contributed by atoms with Crippen molar-refractivity contribution in [2.24, 2.45) is 0 Å². The van der Waals surface area contributed by atoms with Crippen molar-refractivity contribution < 1.29 is 4.79 Å². The van der Waals surface area contributed by atoms with E-state index in [2.05, 4.69) is 28.2 Å². The molecule has 0 bridgehead atoms. The van der Waals surface area contributed by atoms with Crippen LogP contribution in [0.3, 0.4) is 0 Å². The Kier molecular flexibility index (Phi) is 5.90. The summed E-state index contributed by atoms with van der Waals surface area (Å²) in [6, 6.07) is 9.97. The Morgan fingerprint density at radius 2 is 2.19 bits per heavy atom. The van der Waals surface area contributed by atoms with Crippen molar-refractivity contribution in [1.82, 2.24) is 14.8 Å². The minimum absolute atomic E-state index is 0.0622. The molecule has 5 nitrogen and oxygen atoms in total. The first-order valence-electron chi connectivity index (χ1n) is 8.16. The zero-order chi connectivity index (χ0) is 18.5. The Hall–Kier alpha value is -2.38. The summed E-state index contributed by atoms with van der Waals surface area (Å²) in [6.07, 6.45) is 1.81. The van der Waals surface area contributed by atoms with E-state index >= 15 is 0 Å². The molecule has 26 heavy (non-hydrogen) atoms. The summed E-state index contributed by atoms with van der Waals surface area (Å²) in [5.74, 6) is 1.01. The maximum absolute atomic E-state index is 12.3. The summed E-state index contributed by atoms with van der Waals surface area (Å²) in [5, 5.41) is 14.2. The fraction of sp³-hybridized carbons (Fsp3) is 0.211. The second-order valence-electron chi connectivity index (χ2n) is 5.84. The van der Waals surface area contributed by atoms with E-state index in [1.807, 2.05) is 48.1 Å². The largest absolute Gasteiger partial charge is 0.325 e. The molecule has 0 aliphatic carbocycles. The number of carbonyl (C=O) groups excluding carboxylic acids is 1. The van der Waals surface area contributed by atoms with Gasteiger partial charge in [0.25, 0.3) is 0 Å². The predicted octanol–water partition coefficient (Wildman–Crippen LogP) is 4.54. The van der Waals surface area contributed by atoms with Crippen molar-refractivity contribution >= 4 is 34.7 Å². The molecule has 0 atom stereocenters. The van der Waals surface area contributed by atoms with Gasteiger partial charge in [0.05, 0.1) is 10.6 Å². The third-order valence-electron chi connectivity index (χ3n) is 3.76. The molecule has 1 aromatic carbocycles. The molecule has 0 spiro atoms. The molecule has 0 aliphatic heterocycles. The maximum atomic E-state index is 12.3. The van der Waals surface area contributed by atoms with E-state index in [1.54, 1.807) is 17.4 Å². The number of hydrogen-bond acceptors (Lipinski definition) is 5. The highest BCUT2D eigenvalue weighted by molar-refractivity contribution is 7.99. The number of thioether (sulfide) groups is 1. The lowest BCUT2D eigenvalue weighted by Crippen LogP contribution is -2.15. The van der Waals surface area contributed by atoms with Crippen LogP contribution in [0.25, 0.3) is 10.7 Å². The Labute approximate surface area is 161 Å². The smallest absolute Gasteiger partial charge is 0.234 e. The summed E-state index contributed by atoms with van der Waals surface area (Å²) >= 11 is 2.99. The van der Waals surface area contributed by atoms with Crippen molar-refractivity contribution in [2.45, 2.75) is 25.5 Å². The summed E-state index contributed by atoms with van der Waals surface area (Å²) in [7, 11) is 0. The van der Waals surface area contributed by atoms with Crippen LogP contribution in [-0.4, -0.2) is 26.4 Å². The number of nitrogens with one attached hydrogen (secondary N) is 1. The molecule has 0 aliphatic rings. The minimum atomic E-state index is -0.0622. The Bertz CT molecular complexity index is 916. The van der Waals surface area contributed by atoms with Gasteiger partial charge in [-0.3, -0.25) is 9.36 Å². The Balaban J connectivity index is 1.69. The quantitative estimate of drug-likeness (QED) is 0.480. The molecule has 1 N–H and O–H groups in total. The van der Waals surface area contributed by atoms with Gasteiger partial charge >= 0.3 is 0 Å². The van der Waals surface area contributed by atoms with Gasteiger partial charge in [0, 0.05) is 12.2 Å². The Morgan fingerprint density at radius 1 is 1.35 bits per heavy atom. The van der Waals surface area contributed by atoms with Gasteiger partial charge in [0.15, 0.2) is 11.0 Å². The lowest BCUT2D eigenvalue weighted by Gasteiger charge is -2.09. The molecule has 2 aromatic heterocycles. The number of nitrogens with zero attached hydrogens (tertiary/aromatic N) is 3. The monoisotopic (exact) mass is 384 g/mol. The third-order valence-corrected chi connectivity index (χ3v) is 5.59. The van der Waals surface area contributed by atoms with Crippen LogP contribution >= 0.6 is 23.1 Å². The zero-order valence-electron chi connectivity index (χ0n) is 14.7. The SMILES string of the molecule is C=CCn1c(SCC(=O)Nc2ccc(C)cc2C)nnc1-c1cccs1. The summed E-state index contributed by atoms with van der Waals surface area (Å²) in [6.45, 7) is 8.43. The number of anilines is 1. The second kappa shape index (κ2) is 8.33. The summed E-state index contributed by atoms with van der Waals surface area (Å²) in [4.78, 5) is 13.4. The van der Waals surface area contributed by atoms with Gasteiger partial charge in [-0.25, -0.2) is 0 Å². The fourth-order valence-corrected chi connectivity index (χ4v) is 4.01. The van der Waals surface area contributed by atoms with Gasteiger partial charge in [-0.15, -0.1) is 28.1 Å². The van der Waals surface area contributed by atoms with E-state index < -0.39 is 0 Å². The van der Waals surface area contributed by atoms with Crippen LogP contribution < -0.4 is 5.32 Å². The van der Waals surface area contributed by atoms with Crippen LogP contribution in [0.15, 0.2) is 53.5 Å². The van der Waals surface area contributed by atoms with E-state index in [4.69, 9.17) is 0 Å². The molecule has 134 valence electrons. The van der Waals surface area contributed by atoms with Gasteiger partial charge in [-0.1, -0.05) is 41.6 Å².